The molecule has 0 radical (unpaired) electrons. The van der Waals surface area contributed by atoms with Crippen molar-refractivity contribution in [2.24, 2.45) is 4.99 Å². The van der Waals surface area contributed by atoms with Crippen LogP contribution in [-0.2, 0) is 6.54 Å². The Morgan fingerprint density at radius 1 is 1.04 bits per heavy atom. The molecule has 0 unspecified atom stereocenters. The minimum atomic E-state index is 0.485. The van der Waals surface area contributed by atoms with Crippen molar-refractivity contribution < 1.29 is 9.47 Å². The molecule has 0 spiro atoms. The van der Waals surface area contributed by atoms with Crippen LogP contribution >= 0.6 is 11.6 Å². The first-order valence-electron chi connectivity index (χ1n) is 7.68. The zero-order valence-corrected chi connectivity index (χ0v) is 14.6. The van der Waals surface area contributed by atoms with E-state index in [1.807, 2.05) is 42.5 Å². The van der Waals surface area contributed by atoms with Crippen LogP contribution in [0.1, 0.15) is 5.56 Å². The van der Waals surface area contributed by atoms with Crippen molar-refractivity contribution in [3.05, 3.63) is 59.1 Å². The van der Waals surface area contributed by atoms with Gasteiger partial charge in [0.15, 0.2) is 5.96 Å². The van der Waals surface area contributed by atoms with Crippen molar-refractivity contribution in [3.8, 4) is 11.5 Å². The summed E-state index contributed by atoms with van der Waals surface area (Å²) >= 11 is 6.05. The van der Waals surface area contributed by atoms with E-state index in [-0.39, 0.29) is 0 Å². The van der Waals surface area contributed by atoms with Crippen LogP contribution in [0, 0.1) is 0 Å². The normalized spacial score (nSPS) is 11.0. The first-order valence-corrected chi connectivity index (χ1v) is 8.06. The van der Waals surface area contributed by atoms with Crippen LogP contribution in [0.15, 0.2) is 53.5 Å². The molecule has 2 N–H and O–H groups in total. The van der Waals surface area contributed by atoms with E-state index in [9.17, 15) is 0 Å². The maximum Gasteiger partial charge on any atom is 0.191 e. The second-order valence-corrected chi connectivity index (χ2v) is 5.35. The SMILES string of the molecule is CN=C(NCCOc1ccccc1Cl)NCc1ccccc1OC. The van der Waals surface area contributed by atoms with Crippen LogP contribution in [0.2, 0.25) is 5.02 Å². The van der Waals surface area contributed by atoms with Gasteiger partial charge in [-0.2, -0.15) is 0 Å². The Balaban J connectivity index is 1.76. The molecule has 0 aliphatic rings. The van der Waals surface area contributed by atoms with Crippen LogP contribution in [0.25, 0.3) is 0 Å². The zero-order valence-electron chi connectivity index (χ0n) is 13.9. The zero-order chi connectivity index (χ0) is 17.2. The number of guanidine groups is 1. The van der Waals surface area contributed by atoms with Gasteiger partial charge in [0.05, 0.1) is 18.7 Å². The number of halogens is 1. The Bertz CT molecular complexity index is 677. The maximum absolute atomic E-state index is 6.05. The monoisotopic (exact) mass is 347 g/mol. The fourth-order valence-corrected chi connectivity index (χ4v) is 2.33. The number of rotatable bonds is 7. The van der Waals surface area contributed by atoms with Crippen LogP contribution in [0.3, 0.4) is 0 Å². The average molecular weight is 348 g/mol. The molecule has 5 nitrogen and oxygen atoms in total. The van der Waals surface area contributed by atoms with Crippen molar-refractivity contribution >= 4 is 17.6 Å². The summed E-state index contributed by atoms with van der Waals surface area (Å²) in [7, 11) is 3.39. The molecule has 0 heterocycles. The molecule has 24 heavy (non-hydrogen) atoms. The van der Waals surface area contributed by atoms with Gasteiger partial charge in [-0.05, 0) is 18.2 Å². The lowest BCUT2D eigenvalue weighted by molar-refractivity contribution is 0.322. The lowest BCUT2D eigenvalue weighted by Gasteiger charge is -2.14. The van der Waals surface area contributed by atoms with Gasteiger partial charge in [-0.15, -0.1) is 0 Å². The third-order valence-electron chi connectivity index (χ3n) is 3.35. The average Bonchev–Trinajstić information content (AvgIpc) is 2.62. The number of ether oxygens (including phenoxy) is 2. The summed E-state index contributed by atoms with van der Waals surface area (Å²) in [6, 6.07) is 15.3. The smallest absolute Gasteiger partial charge is 0.191 e. The molecule has 0 amide bonds. The van der Waals surface area contributed by atoms with Crippen LogP contribution < -0.4 is 20.1 Å². The van der Waals surface area contributed by atoms with E-state index < -0.39 is 0 Å². The van der Waals surface area contributed by atoms with Gasteiger partial charge in [-0.1, -0.05) is 41.9 Å². The van der Waals surface area contributed by atoms with Gasteiger partial charge >= 0.3 is 0 Å². The number of nitrogens with one attached hydrogen (secondary N) is 2. The largest absolute Gasteiger partial charge is 0.496 e. The molecule has 0 aromatic heterocycles. The van der Waals surface area contributed by atoms with E-state index in [0.717, 1.165) is 11.3 Å². The number of hydrogen-bond acceptors (Lipinski definition) is 3. The summed E-state index contributed by atoms with van der Waals surface area (Å²) in [6.07, 6.45) is 0. The van der Waals surface area contributed by atoms with Gasteiger partial charge in [-0.3, -0.25) is 4.99 Å². The van der Waals surface area contributed by atoms with Gasteiger partial charge in [0, 0.05) is 19.2 Å². The molecular formula is C18H22ClN3O2. The van der Waals surface area contributed by atoms with E-state index >= 15 is 0 Å². The van der Waals surface area contributed by atoms with Crippen LogP contribution in [0.5, 0.6) is 11.5 Å². The van der Waals surface area contributed by atoms with Crippen molar-refractivity contribution in [2.45, 2.75) is 6.54 Å². The van der Waals surface area contributed by atoms with E-state index in [4.69, 9.17) is 21.1 Å². The summed E-state index contributed by atoms with van der Waals surface area (Å²) < 4.78 is 11.0. The highest BCUT2D eigenvalue weighted by Crippen LogP contribution is 2.22. The maximum atomic E-state index is 6.05. The Morgan fingerprint density at radius 3 is 2.46 bits per heavy atom. The predicted molar refractivity (Wildman–Crippen MR) is 98.1 cm³/mol. The molecule has 6 heteroatoms. The Hall–Kier alpha value is -2.40. The summed E-state index contributed by atoms with van der Waals surface area (Å²) in [4.78, 5) is 4.19. The first-order chi connectivity index (χ1) is 11.7. The van der Waals surface area contributed by atoms with Gasteiger partial charge in [0.25, 0.3) is 0 Å². The van der Waals surface area contributed by atoms with Crippen molar-refractivity contribution in [2.75, 3.05) is 27.3 Å². The van der Waals surface area contributed by atoms with E-state index in [1.165, 1.54) is 0 Å². The standard InChI is InChI=1S/C18H22ClN3O2/c1-20-18(22-13-14-7-3-5-9-16(14)23-2)21-11-12-24-17-10-6-4-8-15(17)19/h3-10H,11-13H2,1-2H3,(H2,20,21,22). The number of para-hydroxylation sites is 2. The third kappa shape index (κ3) is 5.35. The van der Waals surface area contributed by atoms with Crippen molar-refractivity contribution in [3.63, 3.8) is 0 Å². The fraction of sp³-hybridized carbons (Fsp3) is 0.278. The van der Waals surface area contributed by atoms with Gasteiger partial charge in [-0.25, -0.2) is 0 Å². The Kier molecular flexibility index (Phi) is 7.23. The molecule has 0 fully saturated rings. The van der Waals surface area contributed by atoms with E-state index in [0.29, 0.717) is 36.4 Å². The summed E-state index contributed by atoms with van der Waals surface area (Å²) in [6.45, 7) is 1.71. The Labute approximate surface area is 147 Å². The highest BCUT2D eigenvalue weighted by molar-refractivity contribution is 6.32. The van der Waals surface area contributed by atoms with E-state index in [2.05, 4.69) is 15.6 Å². The quantitative estimate of drug-likeness (QED) is 0.459. The predicted octanol–water partition coefficient (Wildman–Crippen LogP) is 3.09. The molecule has 0 bridgehead atoms. The molecule has 0 saturated carbocycles. The van der Waals surface area contributed by atoms with Gasteiger partial charge < -0.3 is 20.1 Å². The number of benzene rings is 2. The van der Waals surface area contributed by atoms with Gasteiger partial charge in [0.2, 0.25) is 0 Å². The summed E-state index contributed by atoms with van der Waals surface area (Å²) in [5.41, 5.74) is 1.07. The lowest BCUT2D eigenvalue weighted by Crippen LogP contribution is -2.38. The van der Waals surface area contributed by atoms with Crippen LogP contribution in [-0.4, -0.2) is 33.3 Å². The van der Waals surface area contributed by atoms with Gasteiger partial charge in [0.1, 0.15) is 18.1 Å². The van der Waals surface area contributed by atoms with Crippen molar-refractivity contribution in [1.82, 2.24) is 10.6 Å². The highest BCUT2D eigenvalue weighted by atomic mass is 35.5. The molecule has 0 aliphatic heterocycles. The molecule has 0 atom stereocenters. The molecule has 2 aromatic carbocycles. The second-order valence-electron chi connectivity index (χ2n) is 4.94. The summed E-state index contributed by atoms with van der Waals surface area (Å²) in [5.74, 6) is 2.23. The molecule has 128 valence electrons. The molecule has 2 rings (SSSR count). The minimum Gasteiger partial charge on any atom is -0.496 e. The first kappa shape index (κ1) is 17.9. The minimum absolute atomic E-state index is 0.485. The molecule has 0 saturated heterocycles. The Morgan fingerprint density at radius 2 is 1.75 bits per heavy atom. The number of nitrogens with zero attached hydrogens (tertiary/aromatic N) is 1. The third-order valence-corrected chi connectivity index (χ3v) is 3.66. The highest BCUT2D eigenvalue weighted by Gasteiger charge is 2.04. The molecular weight excluding hydrogens is 326 g/mol. The topological polar surface area (TPSA) is 54.9 Å². The lowest BCUT2D eigenvalue weighted by atomic mass is 10.2. The van der Waals surface area contributed by atoms with Crippen molar-refractivity contribution in [1.29, 1.82) is 0 Å². The fourth-order valence-electron chi connectivity index (χ4n) is 2.14. The summed E-state index contributed by atoms with van der Waals surface area (Å²) in [5, 5.41) is 7.05. The second kappa shape index (κ2) is 9.67. The van der Waals surface area contributed by atoms with E-state index in [1.54, 1.807) is 20.2 Å². The number of methoxy groups -OCH3 is 1. The number of aliphatic imine (C=N–C) groups is 1. The number of hydrogen-bond donors (Lipinski definition) is 2. The molecule has 2 aromatic rings. The van der Waals surface area contributed by atoms with Crippen LogP contribution in [0.4, 0.5) is 0 Å². The molecule has 0 aliphatic carbocycles.